The van der Waals surface area contributed by atoms with Gasteiger partial charge in [0.05, 0.1) is 56.2 Å². The van der Waals surface area contributed by atoms with Gasteiger partial charge in [-0.15, -0.1) is 29.8 Å². The SMILES string of the molecule is C#CCOCCOCCOC[C@H](SC1NC(=O)NCC1Cl)C(=O)N[C@H](C)c1ccc2c(c1)CC(=O)N2. The van der Waals surface area contributed by atoms with Crippen LogP contribution in [-0.2, 0) is 30.2 Å². The van der Waals surface area contributed by atoms with Crippen LogP contribution in [0.3, 0.4) is 0 Å². The summed E-state index contributed by atoms with van der Waals surface area (Å²) in [4.78, 5) is 36.7. The van der Waals surface area contributed by atoms with E-state index in [9.17, 15) is 14.4 Å². The minimum atomic E-state index is -0.631. The van der Waals surface area contributed by atoms with Gasteiger partial charge >= 0.3 is 6.03 Å². The molecule has 4 atom stereocenters. The van der Waals surface area contributed by atoms with Gasteiger partial charge in [0.15, 0.2) is 0 Å². The number of anilines is 1. The number of urea groups is 1. The van der Waals surface area contributed by atoms with E-state index in [1.165, 1.54) is 11.8 Å². The van der Waals surface area contributed by atoms with E-state index < -0.39 is 16.0 Å². The number of ether oxygens (including phenoxy) is 3. The quantitative estimate of drug-likeness (QED) is 0.160. The van der Waals surface area contributed by atoms with E-state index in [0.717, 1.165) is 16.8 Å². The Morgan fingerprint density at radius 3 is 2.78 bits per heavy atom. The van der Waals surface area contributed by atoms with Crippen molar-refractivity contribution in [2.24, 2.45) is 0 Å². The van der Waals surface area contributed by atoms with Gasteiger partial charge in [0.25, 0.3) is 0 Å². The topological polar surface area (TPSA) is 127 Å². The number of terminal acetylenes is 1. The largest absolute Gasteiger partial charge is 0.377 e. The highest BCUT2D eigenvalue weighted by molar-refractivity contribution is 8.01. The van der Waals surface area contributed by atoms with Crippen LogP contribution in [0.2, 0.25) is 0 Å². The van der Waals surface area contributed by atoms with Crippen LogP contribution in [0, 0.1) is 12.3 Å². The van der Waals surface area contributed by atoms with Crippen molar-refractivity contribution in [3.05, 3.63) is 29.3 Å². The summed E-state index contributed by atoms with van der Waals surface area (Å²) < 4.78 is 16.3. The van der Waals surface area contributed by atoms with Crippen LogP contribution in [0.1, 0.15) is 24.1 Å². The molecule has 196 valence electrons. The fourth-order valence-corrected chi connectivity index (χ4v) is 5.09. The number of fused-ring (bicyclic) bond motifs is 1. The summed E-state index contributed by atoms with van der Waals surface area (Å²) in [5, 5.41) is 9.72. The summed E-state index contributed by atoms with van der Waals surface area (Å²) in [6.45, 7) is 3.91. The molecule has 0 aromatic heterocycles. The summed E-state index contributed by atoms with van der Waals surface area (Å²) in [5.41, 5.74) is 2.58. The lowest BCUT2D eigenvalue weighted by Gasteiger charge is -2.31. The highest BCUT2D eigenvalue weighted by Gasteiger charge is 2.33. The number of nitrogens with one attached hydrogen (secondary N) is 4. The number of amides is 4. The average Bonchev–Trinajstić information content (AvgIpc) is 3.23. The molecular formula is C24H31ClN4O6S. The number of benzene rings is 1. The van der Waals surface area contributed by atoms with Gasteiger partial charge in [-0.2, -0.15) is 0 Å². The first-order valence-electron chi connectivity index (χ1n) is 11.6. The Morgan fingerprint density at radius 1 is 1.25 bits per heavy atom. The maximum absolute atomic E-state index is 13.2. The van der Waals surface area contributed by atoms with Crippen LogP contribution in [0.5, 0.6) is 0 Å². The van der Waals surface area contributed by atoms with Gasteiger partial charge in [0, 0.05) is 12.2 Å². The smallest absolute Gasteiger partial charge is 0.315 e. The molecule has 2 unspecified atom stereocenters. The van der Waals surface area contributed by atoms with Gasteiger partial charge in [0.2, 0.25) is 11.8 Å². The average molecular weight is 539 g/mol. The summed E-state index contributed by atoms with van der Waals surface area (Å²) in [6.07, 6.45) is 5.43. The molecule has 0 saturated carbocycles. The van der Waals surface area contributed by atoms with Crippen molar-refractivity contribution < 1.29 is 28.6 Å². The molecule has 3 rings (SSSR count). The predicted molar refractivity (Wildman–Crippen MR) is 138 cm³/mol. The fourth-order valence-electron chi connectivity index (χ4n) is 3.61. The molecule has 36 heavy (non-hydrogen) atoms. The van der Waals surface area contributed by atoms with Crippen LogP contribution in [0.15, 0.2) is 18.2 Å². The van der Waals surface area contributed by atoms with E-state index in [-0.39, 0.29) is 43.7 Å². The first-order valence-corrected chi connectivity index (χ1v) is 13.0. The molecular weight excluding hydrogens is 508 g/mol. The van der Waals surface area contributed by atoms with E-state index in [2.05, 4.69) is 27.2 Å². The zero-order valence-corrected chi connectivity index (χ0v) is 21.6. The normalized spacial score (nSPS) is 20.4. The van der Waals surface area contributed by atoms with Gasteiger partial charge in [0.1, 0.15) is 11.9 Å². The van der Waals surface area contributed by atoms with Crippen LogP contribution in [0.4, 0.5) is 10.5 Å². The molecule has 1 saturated heterocycles. The maximum atomic E-state index is 13.2. The Morgan fingerprint density at radius 2 is 2.00 bits per heavy atom. The lowest BCUT2D eigenvalue weighted by atomic mass is 10.0. The summed E-state index contributed by atoms with van der Waals surface area (Å²) in [7, 11) is 0. The number of carbonyl (C=O) groups excluding carboxylic acids is 3. The van der Waals surface area contributed by atoms with Gasteiger partial charge in [-0.3, -0.25) is 9.59 Å². The Balaban J connectivity index is 1.54. The van der Waals surface area contributed by atoms with E-state index in [0.29, 0.717) is 32.8 Å². The predicted octanol–water partition coefficient (Wildman–Crippen LogP) is 1.39. The Bertz CT molecular complexity index is 974. The molecule has 4 amide bonds. The maximum Gasteiger partial charge on any atom is 0.315 e. The van der Waals surface area contributed by atoms with Crippen molar-refractivity contribution in [1.82, 2.24) is 16.0 Å². The number of halogens is 1. The molecule has 1 aromatic rings. The molecule has 0 bridgehead atoms. The van der Waals surface area contributed by atoms with Crippen LogP contribution in [0.25, 0.3) is 0 Å². The highest BCUT2D eigenvalue weighted by Crippen LogP contribution is 2.28. The van der Waals surface area contributed by atoms with Crippen molar-refractivity contribution in [3.8, 4) is 12.3 Å². The van der Waals surface area contributed by atoms with Crippen molar-refractivity contribution in [2.45, 2.75) is 35.4 Å². The number of carbonyl (C=O) groups is 3. The van der Waals surface area contributed by atoms with E-state index in [1.807, 2.05) is 25.1 Å². The molecule has 0 spiro atoms. The number of hydrogen-bond acceptors (Lipinski definition) is 7. The van der Waals surface area contributed by atoms with Crippen molar-refractivity contribution in [2.75, 3.05) is 51.5 Å². The van der Waals surface area contributed by atoms with E-state index >= 15 is 0 Å². The molecule has 2 heterocycles. The van der Waals surface area contributed by atoms with E-state index in [4.69, 9.17) is 32.2 Å². The zero-order chi connectivity index (χ0) is 25.9. The second-order valence-electron chi connectivity index (χ2n) is 8.23. The second kappa shape index (κ2) is 14.3. The van der Waals surface area contributed by atoms with E-state index in [1.54, 1.807) is 0 Å². The molecule has 2 aliphatic heterocycles. The van der Waals surface area contributed by atoms with Gasteiger partial charge in [-0.1, -0.05) is 18.1 Å². The molecule has 10 nitrogen and oxygen atoms in total. The van der Waals surface area contributed by atoms with Gasteiger partial charge < -0.3 is 35.5 Å². The van der Waals surface area contributed by atoms with Gasteiger partial charge in [-0.05, 0) is 24.1 Å². The second-order valence-corrected chi connectivity index (χ2v) is 10.1. The molecule has 4 N–H and O–H groups in total. The Kier molecular flexibility index (Phi) is 11.2. The molecule has 0 aliphatic carbocycles. The third-order valence-electron chi connectivity index (χ3n) is 5.47. The molecule has 2 aliphatic rings. The van der Waals surface area contributed by atoms with Crippen LogP contribution >= 0.6 is 23.4 Å². The number of rotatable bonds is 14. The van der Waals surface area contributed by atoms with Crippen molar-refractivity contribution in [3.63, 3.8) is 0 Å². The molecule has 1 aromatic carbocycles. The first kappa shape index (κ1) is 28.1. The summed E-state index contributed by atoms with van der Waals surface area (Å²) in [5.74, 6) is 2.09. The lowest BCUT2D eigenvalue weighted by molar-refractivity contribution is -0.122. The third kappa shape index (κ3) is 8.57. The standard InChI is InChI=1S/C24H31ClN4O6S/c1-3-6-33-7-8-34-9-10-35-14-20(36-23-18(25)13-26-24(32)29-23)22(31)27-15(2)16-4-5-19-17(11-16)12-21(30)28-19/h1,4-5,11,15,18,20,23H,6-10,12-14H2,2H3,(H,27,31)(H,28,30)(H2,26,29,32)/t15-,18?,20+,23?/m1/s1. The molecule has 0 radical (unpaired) electrons. The number of hydrogen-bond donors (Lipinski definition) is 4. The number of thioether (sulfide) groups is 1. The third-order valence-corrected chi connectivity index (χ3v) is 7.45. The van der Waals surface area contributed by atoms with Crippen LogP contribution in [-0.4, -0.2) is 80.0 Å². The zero-order valence-electron chi connectivity index (χ0n) is 20.0. The Labute approximate surface area is 219 Å². The summed E-state index contributed by atoms with van der Waals surface area (Å²) in [6, 6.07) is 5.00. The number of alkyl halides is 1. The molecule has 1 fully saturated rings. The van der Waals surface area contributed by atoms with Crippen molar-refractivity contribution in [1.29, 1.82) is 0 Å². The van der Waals surface area contributed by atoms with Crippen molar-refractivity contribution >= 4 is 46.9 Å². The van der Waals surface area contributed by atoms with Crippen LogP contribution < -0.4 is 21.3 Å². The molecule has 12 heteroatoms. The Hall–Kier alpha value is -2.49. The summed E-state index contributed by atoms with van der Waals surface area (Å²) >= 11 is 7.62. The monoisotopic (exact) mass is 538 g/mol. The van der Waals surface area contributed by atoms with Gasteiger partial charge in [-0.25, -0.2) is 4.79 Å². The highest BCUT2D eigenvalue weighted by atomic mass is 35.5. The minimum absolute atomic E-state index is 0.0452. The minimum Gasteiger partial charge on any atom is -0.377 e. The fraction of sp³-hybridized carbons (Fsp3) is 0.542. The lowest BCUT2D eigenvalue weighted by Crippen LogP contribution is -2.55. The first-order chi connectivity index (χ1) is 17.4.